The number of hydrogen-bond donors (Lipinski definition) is 0. The first kappa shape index (κ1) is 14.9. The van der Waals surface area contributed by atoms with Crippen molar-refractivity contribution in [1.29, 1.82) is 0 Å². The van der Waals surface area contributed by atoms with Gasteiger partial charge >= 0.3 is 0 Å². The Morgan fingerprint density at radius 1 is 1.00 bits per heavy atom. The van der Waals surface area contributed by atoms with Gasteiger partial charge in [0, 0.05) is 6.21 Å². The lowest BCUT2D eigenvalue weighted by Gasteiger charge is -2.05. The highest BCUT2D eigenvalue weighted by molar-refractivity contribution is 5.84. The van der Waals surface area contributed by atoms with E-state index >= 15 is 0 Å². The minimum atomic E-state index is 0.500. The molecule has 0 radical (unpaired) electrons. The van der Waals surface area contributed by atoms with Crippen molar-refractivity contribution in [2.75, 3.05) is 0 Å². The minimum absolute atomic E-state index is 0.500. The van der Waals surface area contributed by atoms with Crippen LogP contribution in [0.3, 0.4) is 0 Å². The molecule has 0 saturated heterocycles. The molecule has 1 aliphatic rings. The number of benzene rings is 1. The molecule has 1 aliphatic heterocycles. The monoisotopic (exact) mass is 219 g/mol. The molecule has 0 aliphatic carbocycles. The molecule has 0 saturated carbocycles. The summed E-state index contributed by atoms with van der Waals surface area (Å²) < 4.78 is 0. The highest BCUT2D eigenvalue weighted by Gasteiger charge is 2.01. The summed E-state index contributed by atoms with van der Waals surface area (Å²) in [6.45, 7) is 13.6. The zero-order valence-corrected chi connectivity index (χ0v) is 11.5. The van der Waals surface area contributed by atoms with Crippen LogP contribution in [0.15, 0.2) is 29.3 Å². The summed E-state index contributed by atoms with van der Waals surface area (Å²) in [4.78, 5) is 4.13. The first-order chi connectivity index (χ1) is 7.47. The molecule has 90 valence electrons. The maximum Gasteiger partial charge on any atom is 0.0646 e. The van der Waals surface area contributed by atoms with Gasteiger partial charge in [-0.2, -0.15) is 0 Å². The fraction of sp³-hybridized carbons (Fsp3) is 0.533. The number of fused-ring (bicyclic) bond motifs is 1. The zero-order chi connectivity index (χ0) is 12.6. The van der Waals surface area contributed by atoms with Crippen LogP contribution in [0.1, 0.15) is 52.7 Å². The van der Waals surface area contributed by atoms with E-state index in [1.165, 1.54) is 11.1 Å². The van der Waals surface area contributed by atoms with Crippen molar-refractivity contribution in [2.24, 2.45) is 10.4 Å². The summed E-state index contributed by atoms with van der Waals surface area (Å²) in [5, 5.41) is 0. The largest absolute Gasteiger partial charge is 0.288 e. The third-order valence-corrected chi connectivity index (χ3v) is 1.55. The molecule has 0 amide bonds. The molecule has 0 N–H and O–H groups in total. The normalized spacial score (nSPS) is 11.9. The average Bonchev–Trinajstić information content (AvgIpc) is 2.66. The summed E-state index contributed by atoms with van der Waals surface area (Å²) in [6, 6.07) is 8.29. The number of rotatable bonds is 0. The van der Waals surface area contributed by atoms with Crippen molar-refractivity contribution >= 4 is 6.21 Å². The van der Waals surface area contributed by atoms with Gasteiger partial charge in [0.25, 0.3) is 0 Å². The molecule has 1 heteroatoms. The van der Waals surface area contributed by atoms with Crippen molar-refractivity contribution in [2.45, 2.75) is 48.1 Å². The van der Waals surface area contributed by atoms with Crippen LogP contribution in [0.2, 0.25) is 0 Å². The molecule has 1 heterocycles. The van der Waals surface area contributed by atoms with E-state index in [1.54, 1.807) is 0 Å². The molecule has 0 unspecified atom stereocenters. The van der Waals surface area contributed by atoms with Gasteiger partial charge in [0.05, 0.1) is 6.54 Å². The van der Waals surface area contributed by atoms with Gasteiger partial charge in [-0.15, -0.1) is 0 Å². The van der Waals surface area contributed by atoms with Gasteiger partial charge in [0.2, 0.25) is 0 Å². The summed E-state index contributed by atoms with van der Waals surface area (Å²) in [6.07, 6.45) is 1.93. The van der Waals surface area contributed by atoms with Crippen LogP contribution in [0.25, 0.3) is 0 Å². The predicted molar refractivity (Wildman–Crippen MR) is 74.2 cm³/mol. The quantitative estimate of drug-likeness (QED) is 0.600. The summed E-state index contributed by atoms with van der Waals surface area (Å²) >= 11 is 0. The standard InChI is InChI=1S/C8H7N.C5H12.C2H6/c1-2-4-8-6-9-5-7(8)3-1;1-5(2,3)4;1-2/h1-5H,6H2;1-4H3;1-2H3. The van der Waals surface area contributed by atoms with Gasteiger partial charge in [0.1, 0.15) is 0 Å². The van der Waals surface area contributed by atoms with Crippen molar-refractivity contribution in [3.05, 3.63) is 35.4 Å². The molecule has 0 atom stereocenters. The second-order valence-electron chi connectivity index (χ2n) is 5.17. The fourth-order valence-corrected chi connectivity index (χ4v) is 1.05. The SMILES string of the molecule is C1=NCc2ccccc21.CC.CC(C)(C)C. The number of hydrogen-bond acceptors (Lipinski definition) is 1. The van der Waals surface area contributed by atoms with Crippen LogP contribution in [0.5, 0.6) is 0 Å². The van der Waals surface area contributed by atoms with Crippen LogP contribution < -0.4 is 0 Å². The molecular weight excluding hydrogens is 194 g/mol. The van der Waals surface area contributed by atoms with Crippen LogP contribution in [-0.2, 0) is 6.54 Å². The highest BCUT2D eigenvalue weighted by Crippen LogP contribution is 2.12. The fourth-order valence-electron chi connectivity index (χ4n) is 1.05. The van der Waals surface area contributed by atoms with Gasteiger partial charge in [0.15, 0.2) is 0 Å². The van der Waals surface area contributed by atoms with Gasteiger partial charge in [-0.25, -0.2) is 0 Å². The lowest BCUT2D eigenvalue weighted by molar-refractivity contribution is 0.469. The van der Waals surface area contributed by atoms with Crippen molar-refractivity contribution in [3.8, 4) is 0 Å². The highest BCUT2D eigenvalue weighted by atomic mass is 14.7. The van der Waals surface area contributed by atoms with Crippen molar-refractivity contribution in [3.63, 3.8) is 0 Å². The van der Waals surface area contributed by atoms with E-state index in [4.69, 9.17) is 0 Å². The Bertz CT molecular complexity index is 312. The van der Waals surface area contributed by atoms with E-state index < -0.39 is 0 Å². The Morgan fingerprint density at radius 3 is 2.00 bits per heavy atom. The molecule has 16 heavy (non-hydrogen) atoms. The topological polar surface area (TPSA) is 12.4 Å². The van der Waals surface area contributed by atoms with Crippen LogP contribution in [0, 0.1) is 5.41 Å². The van der Waals surface area contributed by atoms with Crippen LogP contribution >= 0.6 is 0 Å². The molecule has 0 spiro atoms. The Labute approximate surface area is 101 Å². The second kappa shape index (κ2) is 7.21. The van der Waals surface area contributed by atoms with Crippen molar-refractivity contribution < 1.29 is 0 Å². The minimum Gasteiger partial charge on any atom is -0.288 e. The molecule has 1 nitrogen and oxygen atoms in total. The van der Waals surface area contributed by atoms with E-state index in [0.717, 1.165) is 6.54 Å². The van der Waals surface area contributed by atoms with E-state index in [2.05, 4.69) is 44.8 Å². The predicted octanol–water partition coefficient (Wildman–Crippen LogP) is 4.70. The third-order valence-electron chi connectivity index (χ3n) is 1.55. The van der Waals surface area contributed by atoms with Gasteiger partial charge < -0.3 is 0 Å². The molecule has 1 aromatic rings. The lowest BCUT2D eigenvalue weighted by atomic mass is 10.0. The number of nitrogens with zero attached hydrogens (tertiary/aromatic N) is 1. The maximum atomic E-state index is 4.13. The van der Waals surface area contributed by atoms with Gasteiger partial charge in [-0.05, 0) is 16.5 Å². The molecule has 2 rings (SSSR count). The van der Waals surface area contributed by atoms with Crippen LogP contribution in [0.4, 0.5) is 0 Å². The average molecular weight is 219 g/mol. The second-order valence-corrected chi connectivity index (χ2v) is 5.17. The number of aliphatic imine (C=N–C) groups is 1. The summed E-state index contributed by atoms with van der Waals surface area (Å²) in [5.74, 6) is 0. The Hall–Kier alpha value is -1.11. The summed E-state index contributed by atoms with van der Waals surface area (Å²) in [7, 11) is 0. The van der Waals surface area contributed by atoms with E-state index in [-0.39, 0.29) is 0 Å². The lowest BCUT2D eigenvalue weighted by Crippen LogP contribution is -1.93. The van der Waals surface area contributed by atoms with E-state index in [9.17, 15) is 0 Å². The Morgan fingerprint density at radius 2 is 1.50 bits per heavy atom. The molecular formula is C15H25N. The van der Waals surface area contributed by atoms with E-state index in [1.807, 2.05) is 32.2 Å². The first-order valence-corrected chi connectivity index (χ1v) is 6.04. The molecule has 0 aromatic heterocycles. The van der Waals surface area contributed by atoms with Gasteiger partial charge in [-0.3, -0.25) is 4.99 Å². The molecule has 1 aromatic carbocycles. The third kappa shape index (κ3) is 7.22. The maximum absolute atomic E-state index is 4.13. The summed E-state index contributed by atoms with van der Waals surface area (Å²) in [5.41, 5.74) is 3.12. The molecule has 0 bridgehead atoms. The zero-order valence-electron chi connectivity index (χ0n) is 11.5. The van der Waals surface area contributed by atoms with Crippen LogP contribution in [-0.4, -0.2) is 6.21 Å². The van der Waals surface area contributed by atoms with Gasteiger partial charge in [-0.1, -0.05) is 65.8 Å². The molecule has 0 fully saturated rings. The van der Waals surface area contributed by atoms with Crippen molar-refractivity contribution in [1.82, 2.24) is 0 Å². The Balaban J connectivity index is 0.000000280. The Kier molecular flexibility index (Phi) is 6.71. The first-order valence-electron chi connectivity index (χ1n) is 6.04. The van der Waals surface area contributed by atoms with E-state index in [0.29, 0.717) is 5.41 Å². The smallest absolute Gasteiger partial charge is 0.0646 e.